The third-order valence-corrected chi connectivity index (χ3v) is 3.16. The van der Waals surface area contributed by atoms with Crippen LogP contribution in [0.4, 0.5) is 5.82 Å². The molecule has 0 saturated heterocycles. The third-order valence-electron chi connectivity index (χ3n) is 3.16. The first kappa shape index (κ1) is 15.0. The average molecular weight is 287 g/mol. The first-order valence-corrected chi connectivity index (χ1v) is 6.86. The van der Waals surface area contributed by atoms with E-state index in [9.17, 15) is 4.79 Å². The van der Waals surface area contributed by atoms with Gasteiger partial charge in [0.05, 0.1) is 5.69 Å². The Morgan fingerprint density at radius 1 is 1.38 bits per heavy atom. The lowest BCUT2D eigenvalue weighted by atomic mass is 10.2. The smallest absolute Gasteiger partial charge is 0.242 e. The molecule has 1 amide bonds. The summed E-state index contributed by atoms with van der Waals surface area (Å²) in [6.07, 6.45) is 1.75. The van der Waals surface area contributed by atoms with E-state index < -0.39 is 0 Å². The number of nitrogens with zero attached hydrogens (tertiary/aromatic N) is 4. The largest absolute Gasteiger partial charge is 0.362 e. The highest BCUT2D eigenvalue weighted by Gasteiger charge is 2.09. The molecule has 0 atom stereocenters. The highest BCUT2D eigenvalue weighted by molar-refractivity contribution is 5.75. The van der Waals surface area contributed by atoms with Gasteiger partial charge in [-0.15, -0.1) is 0 Å². The van der Waals surface area contributed by atoms with Crippen LogP contribution >= 0.6 is 0 Å². The Morgan fingerprint density at radius 3 is 2.76 bits per heavy atom. The van der Waals surface area contributed by atoms with Crippen LogP contribution in [-0.2, 0) is 17.9 Å². The molecule has 2 aromatic heterocycles. The SMILES string of the molecule is Cc1cc(C)n(CC(=O)NCc2cccnc2N(C)C)n1. The Bertz CT molecular complexity index is 633. The van der Waals surface area contributed by atoms with Crippen molar-refractivity contribution in [3.8, 4) is 0 Å². The molecule has 6 heteroatoms. The van der Waals surface area contributed by atoms with Gasteiger partial charge in [0.25, 0.3) is 0 Å². The van der Waals surface area contributed by atoms with Gasteiger partial charge in [0, 0.05) is 38.1 Å². The number of carbonyl (C=O) groups excluding carboxylic acids is 1. The predicted octanol–water partition coefficient (Wildman–Crippen LogP) is 1.28. The third kappa shape index (κ3) is 3.81. The van der Waals surface area contributed by atoms with E-state index in [1.54, 1.807) is 10.9 Å². The summed E-state index contributed by atoms with van der Waals surface area (Å²) in [6, 6.07) is 5.79. The number of hydrogen-bond acceptors (Lipinski definition) is 4. The molecule has 21 heavy (non-hydrogen) atoms. The number of carbonyl (C=O) groups is 1. The molecule has 0 aromatic carbocycles. The number of aromatic nitrogens is 3. The van der Waals surface area contributed by atoms with Gasteiger partial charge in [-0.2, -0.15) is 5.10 Å². The van der Waals surface area contributed by atoms with E-state index in [1.165, 1.54) is 0 Å². The molecule has 2 heterocycles. The molecule has 0 aliphatic heterocycles. The first-order chi connectivity index (χ1) is 9.97. The maximum absolute atomic E-state index is 12.0. The van der Waals surface area contributed by atoms with Crippen molar-refractivity contribution in [3.05, 3.63) is 41.3 Å². The molecule has 0 saturated carbocycles. The summed E-state index contributed by atoms with van der Waals surface area (Å²) in [6.45, 7) is 4.55. The molecule has 6 nitrogen and oxygen atoms in total. The molecule has 0 aliphatic rings. The Labute approximate surface area is 124 Å². The molecule has 2 aromatic rings. The summed E-state index contributed by atoms with van der Waals surface area (Å²) >= 11 is 0. The van der Waals surface area contributed by atoms with E-state index in [-0.39, 0.29) is 12.5 Å². The predicted molar refractivity (Wildman–Crippen MR) is 82.1 cm³/mol. The summed E-state index contributed by atoms with van der Waals surface area (Å²) in [5.41, 5.74) is 2.89. The molecule has 0 unspecified atom stereocenters. The van der Waals surface area contributed by atoms with Gasteiger partial charge in [0.15, 0.2) is 0 Å². The zero-order valence-corrected chi connectivity index (χ0v) is 12.9. The second kappa shape index (κ2) is 6.39. The van der Waals surface area contributed by atoms with E-state index in [0.29, 0.717) is 6.54 Å². The lowest BCUT2D eigenvalue weighted by molar-refractivity contribution is -0.122. The molecule has 0 spiro atoms. The fraction of sp³-hybridized carbons (Fsp3) is 0.400. The first-order valence-electron chi connectivity index (χ1n) is 6.86. The number of rotatable bonds is 5. The monoisotopic (exact) mass is 287 g/mol. The molecule has 0 bridgehead atoms. The maximum Gasteiger partial charge on any atom is 0.242 e. The van der Waals surface area contributed by atoms with Crippen LogP contribution in [0.1, 0.15) is 17.0 Å². The van der Waals surface area contributed by atoms with Gasteiger partial charge in [-0.25, -0.2) is 4.98 Å². The fourth-order valence-corrected chi connectivity index (χ4v) is 2.19. The van der Waals surface area contributed by atoms with Gasteiger partial charge >= 0.3 is 0 Å². The summed E-state index contributed by atoms with van der Waals surface area (Å²) in [5, 5.41) is 7.20. The van der Waals surface area contributed by atoms with Crippen molar-refractivity contribution in [2.45, 2.75) is 26.9 Å². The van der Waals surface area contributed by atoms with Crippen LogP contribution in [0.25, 0.3) is 0 Å². The van der Waals surface area contributed by atoms with E-state index >= 15 is 0 Å². The minimum absolute atomic E-state index is 0.0604. The number of amides is 1. The number of pyridine rings is 1. The number of anilines is 1. The lowest BCUT2D eigenvalue weighted by Gasteiger charge is -2.16. The minimum atomic E-state index is -0.0604. The topological polar surface area (TPSA) is 63.1 Å². The second-order valence-corrected chi connectivity index (χ2v) is 5.24. The van der Waals surface area contributed by atoms with Gasteiger partial charge < -0.3 is 10.2 Å². The molecular weight excluding hydrogens is 266 g/mol. The zero-order valence-electron chi connectivity index (χ0n) is 12.9. The van der Waals surface area contributed by atoms with E-state index in [1.807, 2.05) is 51.0 Å². The molecule has 0 aliphatic carbocycles. The van der Waals surface area contributed by atoms with Gasteiger partial charge in [-0.05, 0) is 26.0 Å². The molecular formula is C15H21N5O. The van der Waals surface area contributed by atoms with E-state index in [0.717, 1.165) is 22.8 Å². The summed E-state index contributed by atoms with van der Waals surface area (Å²) in [7, 11) is 3.87. The maximum atomic E-state index is 12.0. The fourth-order valence-electron chi connectivity index (χ4n) is 2.19. The van der Waals surface area contributed by atoms with Crippen molar-refractivity contribution in [3.63, 3.8) is 0 Å². The van der Waals surface area contributed by atoms with Crippen LogP contribution in [0.15, 0.2) is 24.4 Å². The number of hydrogen-bond donors (Lipinski definition) is 1. The van der Waals surface area contributed by atoms with Gasteiger partial charge in [0.1, 0.15) is 12.4 Å². The Kier molecular flexibility index (Phi) is 4.57. The molecule has 112 valence electrons. The van der Waals surface area contributed by atoms with Gasteiger partial charge in [-0.1, -0.05) is 6.07 Å². The summed E-state index contributed by atoms with van der Waals surface area (Å²) in [4.78, 5) is 18.3. The zero-order chi connectivity index (χ0) is 15.4. The van der Waals surface area contributed by atoms with Gasteiger partial charge in [0.2, 0.25) is 5.91 Å². The van der Waals surface area contributed by atoms with Crippen LogP contribution in [0.5, 0.6) is 0 Å². The van der Waals surface area contributed by atoms with Crippen molar-refractivity contribution < 1.29 is 4.79 Å². The van der Waals surface area contributed by atoms with Crippen molar-refractivity contribution in [2.75, 3.05) is 19.0 Å². The van der Waals surface area contributed by atoms with Crippen molar-refractivity contribution >= 4 is 11.7 Å². The van der Waals surface area contributed by atoms with E-state index in [2.05, 4.69) is 15.4 Å². The highest BCUT2D eigenvalue weighted by Crippen LogP contribution is 2.13. The van der Waals surface area contributed by atoms with Crippen molar-refractivity contribution in [2.24, 2.45) is 0 Å². The Morgan fingerprint density at radius 2 is 2.14 bits per heavy atom. The normalized spacial score (nSPS) is 10.5. The Hall–Kier alpha value is -2.37. The minimum Gasteiger partial charge on any atom is -0.362 e. The van der Waals surface area contributed by atoms with Crippen LogP contribution in [0, 0.1) is 13.8 Å². The average Bonchev–Trinajstić information content (AvgIpc) is 2.74. The summed E-state index contributed by atoms with van der Waals surface area (Å²) < 4.78 is 1.71. The Balaban J connectivity index is 1.97. The van der Waals surface area contributed by atoms with Gasteiger partial charge in [-0.3, -0.25) is 9.48 Å². The highest BCUT2D eigenvalue weighted by atomic mass is 16.2. The van der Waals surface area contributed by atoms with Crippen molar-refractivity contribution in [1.82, 2.24) is 20.1 Å². The number of nitrogens with one attached hydrogen (secondary N) is 1. The lowest BCUT2D eigenvalue weighted by Crippen LogP contribution is -2.28. The van der Waals surface area contributed by atoms with Crippen LogP contribution in [-0.4, -0.2) is 34.8 Å². The van der Waals surface area contributed by atoms with Crippen molar-refractivity contribution in [1.29, 1.82) is 0 Å². The quantitative estimate of drug-likeness (QED) is 0.900. The molecule has 2 rings (SSSR count). The second-order valence-electron chi connectivity index (χ2n) is 5.24. The molecule has 0 fully saturated rings. The van der Waals surface area contributed by atoms with Crippen LogP contribution in [0.2, 0.25) is 0 Å². The summed E-state index contributed by atoms with van der Waals surface area (Å²) in [5.74, 6) is 0.804. The van der Waals surface area contributed by atoms with Crippen LogP contribution in [0.3, 0.4) is 0 Å². The number of aryl methyl sites for hydroxylation is 2. The van der Waals surface area contributed by atoms with E-state index in [4.69, 9.17) is 0 Å². The molecule has 0 radical (unpaired) electrons. The molecule has 1 N–H and O–H groups in total. The van der Waals surface area contributed by atoms with Crippen LogP contribution < -0.4 is 10.2 Å². The standard InChI is InChI=1S/C15H21N5O/c1-11-8-12(2)20(18-11)10-14(21)17-9-13-6-5-7-16-15(13)19(3)4/h5-8H,9-10H2,1-4H3,(H,17,21).